The largest absolute Gasteiger partial charge is 0.545 e. The fourth-order valence-electron chi connectivity index (χ4n) is 0.797. The highest BCUT2D eigenvalue weighted by atomic mass is 28.2. The minimum absolute atomic E-state index is 0.501. The van der Waals surface area contributed by atoms with Gasteiger partial charge in [-0.25, -0.2) is 0 Å². The molecule has 64 valence electrons. The number of allylic oxidation sites excluding steroid dienone is 2. The molecule has 1 nitrogen and oxygen atoms in total. The van der Waals surface area contributed by atoms with Gasteiger partial charge >= 0.3 is 0 Å². The zero-order valence-corrected chi connectivity index (χ0v) is 8.99. The van der Waals surface area contributed by atoms with Crippen LogP contribution in [0.2, 0.25) is 0 Å². The van der Waals surface area contributed by atoms with Gasteiger partial charge in [0, 0.05) is 0 Å². The Hall–Kier alpha value is -1.02. The minimum atomic E-state index is -0.501. The summed E-state index contributed by atoms with van der Waals surface area (Å²) in [5.41, 5.74) is 0. The summed E-state index contributed by atoms with van der Waals surface area (Å²) >= 11 is 0. The standard InChI is InChI=1S/C10H14OSi/c1-3-9(2)12-11-10-7-5-4-6-8-10/h3-8H,12H2,1-2H3. The maximum absolute atomic E-state index is 5.63. The van der Waals surface area contributed by atoms with Gasteiger partial charge in [0.15, 0.2) is 0 Å². The zero-order chi connectivity index (χ0) is 8.81. The molecule has 0 aliphatic carbocycles. The summed E-state index contributed by atoms with van der Waals surface area (Å²) in [6.45, 7) is 4.17. The Kier molecular flexibility index (Phi) is 3.61. The number of hydrogen-bond donors (Lipinski definition) is 0. The third-order valence-electron chi connectivity index (χ3n) is 1.70. The quantitative estimate of drug-likeness (QED) is 0.644. The molecule has 0 spiro atoms. The molecule has 1 aromatic carbocycles. The second kappa shape index (κ2) is 4.77. The Morgan fingerprint density at radius 2 is 2.00 bits per heavy atom. The topological polar surface area (TPSA) is 9.23 Å². The lowest BCUT2D eigenvalue weighted by Crippen LogP contribution is -2.03. The molecular formula is C10H14OSi. The van der Waals surface area contributed by atoms with E-state index < -0.39 is 9.76 Å². The van der Waals surface area contributed by atoms with Gasteiger partial charge < -0.3 is 4.43 Å². The van der Waals surface area contributed by atoms with E-state index in [-0.39, 0.29) is 0 Å². The summed E-state index contributed by atoms with van der Waals surface area (Å²) in [4.78, 5) is 0. The molecule has 0 atom stereocenters. The average Bonchev–Trinajstić information content (AvgIpc) is 2.16. The van der Waals surface area contributed by atoms with Crippen LogP contribution in [0.4, 0.5) is 0 Å². The summed E-state index contributed by atoms with van der Waals surface area (Å²) in [5, 5.41) is 1.39. The third-order valence-corrected chi connectivity index (χ3v) is 3.04. The van der Waals surface area contributed by atoms with Gasteiger partial charge in [-0.15, -0.1) is 0 Å². The van der Waals surface area contributed by atoms with Crippen LogP contribution in [0.3, 0.4) is 0 Å². The molecule has 0 aliphatic heterocycles. The van der Waals surface area contributed by atoms with Crippen molar-refractivity contribution in [2.45, 2.75) is 13.8 Å². The van der Waals surface area contributed by atoms with Crippen LogP contribution in [0.5, 0.6) is 5.75 Å². The fourth-order valence-corrected chi connectivity index (χ4v) is 1.55. The van der Waals surface area contributed by atoms with E-state index in [2.05, 4.69) is 19.9 Å². The molecule has 12 heavy (non-hydrogen) atoms. The van der Waals surface area contributed by atoms with Crippen molar-refractivity contribution in [3.63, 3.8) is 0 Å². The Bertz CT molecular complexity index is 254. The number of rotatable bonds is 3. The van der Waals surface area contributed by atoms with Crippen LogP contribution >= 0.6 is 0 Å². The molecule has 0 amide bonds. The molecule has 0 N–H and O–H groups in total. The van der Waals surface area contributed by atoms with Crippen molar-refractivity contribution < 1.29 is 4.43 Å². The summed E-state index contributed by atoms with van der Waals surface area (Å²) < 4.78 is 5.63. The van der Waals surface area contributed by atoms with E-state index in [1.165, 1.54) is 5.20 Å². The van der Waals surface area contributed by atoms with Crippen molar-refractivity contribution in [2.75, 3.05) is 0 Å². The van der Waals surface area contributed by atoms with Crippen molar-refractivity contribution >= 4 is 9.76 Å². The third kappa shape index (κ3) is 2.92. The van der Waals surface area contributed by atoms with E-state index in [4.69, 9.17) is 4.43 Å². The van der Waals surface area contributed by atoms with Crippen LogP contribution in [-0.2, 0) is 0 Å². The summed E-state index contributed by atoms with van der Waals surface area (Å²) in [6.07, 6.45) is 2.12. The van der Waals surface area contributed by atoms with Crippen molar-refractivity contribution in [3.05, 3.63) is 41.6 Å². The van der Waals surface area contributed by atoms with E-state index in [0.717, 1.165) is 5.75 Å². The van der Waals surface area contributed by atoms with Gasteiger partial charge in [-0.3, -0.25) is 0 Å². The molecule has 0 saturated carbocycles. The maximum atomic E-state index is 5.63. The van der Waals surface area contributed by atoms with Crippen LogP contribution in [0.1, 0.15) is 13.8 Å². The lowest BCUT2D eigenvalue weighted by Gasteiger charge is -2.04. The van der Waals surface area contributed by atoms with E-state index >= 15 is 0 Å². The second-order valence-electron chi connectivity index (χ2n) is 2.74. The fraction of sp³-hybridized carbons (Fsp3) is 0.200. The molecule has 0 radical (unpaired) electrons. The molecule has 0 fully saturated rings. The molecule has 0 bridgehead atoms. The second-order valence-corrected chi connectivity index (χ2v) is 4.43. The van der Waals surface area contributed by atoms with Crippen LogP contribution in [0.25, 0.3) is 0 Å². The Labute approximate surface area is 76.0 Å². The summed E-state index contributed by atoms with van der Waals surface area (Å²) in [5.74, 6) is 0.991. The van der Waals surface area contributed by atoms with Gasteiger partial charge in [0.2, 0.25) is 9.76 Å². The minimum Gasteiger partial charge on any atom is -0.545 e. The lowest BCUT2D eigenvalue weighted by molar-refractivity contribution is 0.600. The highest BCUT2D eigenvalue weighted by Gasteiger charge is 1.92. The first-order valence-corrected chi connectivity index (χ1v) is 5.41. The SMILES string of the molecule is CC=C(C)[SiH2]Oc1ccccc1. The molecular weight excluding hydrogens is 164 g/mol. The van der Waals surface area contributed by atoms with Crippen LogP contribution in [0.15, 0.2) is 41.6 Å². The summed E-state index contributed by atoms with van der Waals surface area (Å²) in [6, 6.07) is 9.98. The van der Waals surface area contributed by atoms with Gasteiger partial charge in [-0.2, -0.15) is 0 Å². The van der Waals surface area contributed by atoms with Crippen LogP contribution < -0.4 is 4.43 Å². The lowest BCUT2D eigenvalue weighted by atomic mass is 10.3. The van der Waals surface area contributed by atoms with Crippen molar-refractivity contribution in [1.29, 1.82) is 0 Å². The van der Waals surface area contributed by atoms with Crippen LogP contribution in [0, 0.1) is 0 Å². The maximum Gasteiger partial charge on any atom is 0.246 e. The first-order valence-electron chi connectivity index (χ1n) is 4.12. The van der Waals surface area contributed by atoms with Crippen LogP contribution in [-0.4, -0.2) is 9.76 Å². The normalized spacial score (nSPS) is 12.3. The highest BCUT2D eigenvalue weighted by Crippen LogP contribution is 2.08. The van der Waals surface area contributed by atoms with Gasteiger partial charge in [-0.05, 0) is 26.0 Å². The van der Waals surface area contributed by atoms with Gasteiger partial charge in [0.1, 0.15) is 5.75 Å². The Morgan fingerprint density at radius 1 is 1.33 bits per heavy atom. The zero-order valence-electron chi connectivity index (χ0n) is 7.58. The monoisotopic (exact) mass is 178 g/mol. The number of benzene rings is 1. The van der Waals surface area contributed by atoms with Gasteiger partial charge in [0.05, 0.1) is 0 Å². The predicted molar refractivity (Wildman–Crippen MR) is 55.0 cm³/mol. The van der Waals surface area contributed by atoms with Gasteiger partial charge in [-0.1, -0.05) is 29.5 Å². The van der Waals surface area contributed by atoms with E-state index in [1.54, 1.807) is 0 Å². The first kappa shape index (κ1) is 9.07. The molecule has 0 heterocycles. The molecule has 2 heteroatoms. The number of para-hydroxylation sites is 1. The van der Waals surface area contributed by atoms with Crippen molar-refractivity contribution in [3.8, 4) is 5.75 Å². The molecule has 0 aliphatic rings. The van der Waals surface area contributed by atoms with E-state index in [9.17, 15) is 0 Å². The first-order chi connectivity index (χ1) is 5.83. The smallest absolute Gasteiger partial charge is 0.246 e. The molecule has 0 unspecified atom stereocenters. The Balaban J connectivity index is 2.44. The van der Waals surface area contributed by atoms with Gasteiger partial charge in [0.25, 0.3) is 0 Å². The Morgan fingerprint density at radius 3 is 2.58 bits per heavy atom. The number of hydrogen-bond acceptors (Lipinski definition) is 1. The van der Waals surface area contributed by atoms with Crippen molar-refractivity contribution in [2.24, 2.45) is 0 Å². The molecule has 0 aromatic heterocycles. The molecule has 0 saturated heterocycles. The summed E-state index contributed by atoms with van der Waals surface area (Å²) in [7, 11) is -0.501. The van der Waals surface area contributed by atoms with Crippen molar-refractivity contribution in [1.82, 2.24) is 0 Å². The molecule has 1 rings (SSSR count). The molecule has 1 aromatic rings. The van der Waals surface area contributed by atoms with E-state index in [1.807, 2.05) is 30.3 Å². The predicted octanol–water partition coefficient (Wildman–Crippen LogP) is 2.07. The average molecular weight is 178 g/mol. The van der Waals surface area contributed by atoms with E-state index in [0.29, 0.717) is 0 Å². The highest BCUT2D eigenvalue weighted by molar-refractivity contribution is 6.38.